The van der Waals surface area contributed by atoms with Crippen molar-refractivity contribution in [3.63, 3.8) is 0 Å². The van der Waals surface area contributed by atoms with Crippen molar-refractivity contribution >= 4 is 5.91 Å². The number of alkyl halides is 3. The average molecular weight is 436 g/mol. The van der Waals surface area contributed by atoms with Crippen LogP contribution in [0.25, 0.3) is 16.9 Å². The lowest BCUT2D eigenvalue weighted by atomic mass is 10.1. The number of hydrogen-bond donors (Lipinski definition) is 1. The molecule has 0 atom stereocenters. The zero-order valence-corrected chi connectivity index (χ0v) is 16.9. The van der Waals surface area contributed by atoms with Gasteiger partial charge in [-0.15, -0.1) is 0 Å². The van der Waals surface area contributed by atoms with Gasteiger partial charge in [0.2, 0.25) is 5.91 Å². The van der Waals surface area contributed by atoms with Crippen LogP contribution in [0.2, 0.25) is 0 Å². The van der Waals surface area contributed by atoms with E-state index in [0.717, 1.165) is 28.9 Å². The minimum absolute atomic E-state index is 0.151. The van der Waals surface area contributed by atoms with Crippen molar-refractivity contribution in [2.45, 2.75) is 19.1 Å². The monoisotopic (exact) mass is 436 g/mol. The van der Waals surface area contributed by atoms with E-state index in [0.29, 0.717) is 11.3 Å². The largest absolute Gasteiger partial charge is 0.416 e. The van der Waals surface area contributed by atoms with E-state index in [9.17, 15) is 18.0 Å². The Labute approximate surface area is 182 Å². The van der Waals surface area contributed by atoms with Gasteiger partial charge < -0.3 is 5.32 Å². The first kappa shape index (κ1) is 21.3. The second-order valence-corrected chi connectivity index (χ2v) is 7.17. The van der Waals surface area contributed by atoms with Crippen molar-refractivity contribution in [2.24, 2.45) is 0 Å². The number of carbonyl (C=O) groups is 1. The van der Waals surface area contributed by atoms with Crippen LogP contribution in [-0.2, 0) is 23.9 Å². The Hall–Kier alpha value is -3.94. The predicted octanol–water partition coefficient (Wildman–Crippen LogP) is 4.81. The first-order valence-electron chi connectivity index (χ1n) is 9.87. The molecular formula is C24H19F3N4O. The number of pyridine rings is 1. The van der Waals surface area contributed by atoms with Gasteiger partial charge in [-0.2, -0.15) is 18.3 Å². The average Bonchev–Trinajstić information content (AvgIpc) is 3.23. The summed E-state index contributed by atoms with van der Waals surface area (Å²) < 4.78 is 40.5. The molecule has 0 saturated heterocycles. The normalized spacial score (nSPS) is 11.3. The molecule has 0 bridgehead atoms. The molecule has 0 unspecified atom stereocenters. The SMILES string of the molecule is O=C(Cc1cccc(C(F)(F)F)c1)NCc1cn(-c2ccccc2)nc1-c1ccncc1. The summed E-state index contributed by atoms with van der Waals surface area (Å²) in [7, 11) is 0. The Kier molecular flexibility index (Phi) is 6.02. The second kappa shape index (κ2) is 9.05. The molecule has 162 valence electrons. The molecule has 0 fully saturated rings. The van der Waals surface area contributed by atoms with Crippen molar-refractivity contribution in [2.75, 3.05) is 0 Å². The molecule has 2 aromatic carbocycles. The first-order valence-corrected chi connectivity index (χ1v) is 9.87. The Morgan fingerprint density at radius 3 is 2.44 bits per heavy atom. The topological polar surface area (TPSA) is 59.8 Å². The third kappa shape index (κ3) is 5.03. The quantitative estimate of drug-likeness (QED) is 0.472. The zero-order valence-electron chi connectivity index (χ0n) is 16.9. The third-order valence-electron chi connectivity index (χ3n) is 4.86. The molecule has 0 aliphatic carbocycles. The molecule has 1 amide bonds. The van der Waals surface area contributed by atoms with Crippen LogP contribution in [0.4, 0.5) is 13.2 Å². The highest BCUT2D eigenvalue weighted by molar-refractivity contribution is 5.79. The van der Waals surface area contributed by atoms with Crippen LogP contribution in [0.1, 0.15) is 16.7 Å². The van der Waals surface area contributed by atoms with E-state index in [1.807, 2.05) is 48.7 Å². The summed E-state index contributed by atoms with van der Waals surface area (Å²) in [4.78, 5) is 16.5. The number of benzene rings is 2. The molecule has 1 N–H and O–H groups in total. The maximum Gasteiger partial charge on any atom is 0.416 e. The Balaban J connectivity index is 1.52. The minimum Gasteiger partial charge on any atom is -0.352 e. The van der Waals surface area contributed by atoms with E-state index in [2.05, 4.69) is 15.4 Å². The predicted molar refractivity (Wildman–Crippen MR) is 114 cm³/mol. The van der Waals surface area contributed by atoms with Crippen molar-refractivity contribution in [1.29, 1.82) is 0 Å². The molecule has 0 aliphatic rings. The molecule has 32 heavy (non-hydrogen) atoms. The molecule has 0 radical (unpaired) electrons. The fraction of sp³-hybridized carbons (Fsp3) is 0.125. The van der Waals surface area contributed by atoms with Crippen molar-refractivity contribution < 1.29 is 18.0 Å². The van der Waals surface area contributed by atoms with E-state index in [1.54, 1.807) is 17.1 Å². The molecule has 2 aromatic heterocycles. The molecule has 5 nitrogen and oxygen atoms in total. The molecule has 4 rings (SSSR count). The van der Waals surface area contributed by atoms with Crippen LogP contribution < -0.4 is 5.32 Å². The van der Waals surface area contributed by atoms with Gasteiger partial charge in [-0.05, 0) is 35.9 Å². The summed E-state index contributed by atoms with van der Waals surface area (Å²) in [6.45, 7) is 0.183. The lowest BCUT2D eigenvalue weighted by Gasteiger charge is -2.09. The second-order valence-electron chi connectivity index (χ2n) is 7.17. The van der Waals surface area contributed by atoms with Crippen molar-refractivity contribution in [1.82, 2.24) is 20.1 Å². The van der Waals surface area contributed by atoms with Crippen molar-refractivity contribution in [3.05, 3.63) is 102 Å². The highest BCUT2D eigenvalue weighted by atomic mass is 19.4. The number of halogens is 3. The fourth-order valence-electron chi connectivity index (χ4n) is 3.30. The summed E-state index contributed by atoms with van der Waals surface area (Å²) >= 11 is 0. The number of amides is 1. The van der Waals surface area contributed by atoms with Gasteiger partial charge in [0.25, 0.3) is 0 Å². The van der Waals surface area contributed by atoms with E-state index >= 15 is 0 Å². The Bertz CT molecular complexity index is 1200. The zero-order chi connectivity index (χ0) is 22.6. The minimum atomic E-state index is -4.45. The van der Waals surface area contributed by atoms with Gasteiger partial charge in [0, 0.05) is 36.3 Å². The summed E-state index contributed by atoms with van der Waals surface area (Å²) in [5, 5.41) is 7.46. The van der Waals surface area contributed by atoms with E-state index < -0.39 is 11.7 Å². The molecule has 2 heterocycles. The molecule has 4 aromatic rings. The third-order valence-corrected chi connectivity index (χ3v) is 4.86. The lowest BCUT2D eigenvalue weighted by Crippen LogP contribution is -2.24. The number of rotatable bonds is 6. The van der Waals surface area contributed by atoms with Gasteiger partial charge in [-0.3, -0.25) is 9.78 Å². The number of para-hydroxylation sites is 1. The lowest BCUT2D eigenvalue weighted by molar-refractivity contribution is -0.137. The number of aromatic nitrogens is 3. The van der Waals surface area contributed by atoms with Crippen LogP contribution >= 0.6 is 0 Å². The number of carbonyl (C=O) groups excluding carboxylic acids is 1. The maximum absolute atomic E-state index is 12.9. The van der Waals surface area contributed by atoms with Gasteiger partial charge in [0.1, 0.15) is 0 Å². The highest BCUT2D eigenvalue weighted by Gasteiger charge is 2.30. The standard InChI is InChI=1S/C24H19F3N4O/c25-24(26,27)20-6-4-5-17(13-20)14-22(32)29-15-19-16-31(21-7-2-1-3-8-21)30-23(19)18-9-11-28-12-10-18/h1-13,16H,14-15H2,(H,29,32). The van der Waals surface area contributed by atoms with Crippen LogP contribution in [0.5, 0.6) is 0 Å². The molecule has 0 spiro atoms. The summed E-state index contributed by atoms with van der Waals surface area (Å²) in [5.74, 6) is -0.377. The van der Waals surface area contributed by atoms with Crippen molar-refractivity contribution in [3.8, 4) is 16.9 Å². The van der Waals surface area contributed by atoms with E-state index in [-0.39, 0.29) is 18.9 Å². The Morgan fingerprint density at radius 2 is 1.72 bits per heavy atom. The van der Waals surface area contributed by atoms with Crippen LogP contribution in [0, 0.1) is 0 Å². The number of hydrogen-bond acceptors (Lipinski definition) is 3. The van der Waals surface area contributed by atoms with Crippen LogP contribution in [0.3, 0.4) is 0 Å². The van der Waals surface area contributed by atoms with Gasteiger partial charge in [0.05, 0.1) is 23.4 Å². The molecular weight excluding hydrogens is 417 g/mol. The van der Waals surface area contributed by atoms with Crippen LogP contribution in [0.15, 0.2) is 85.3 Å². The van der Waals surface area contributed by atoms with Gasteiger partial charge >= 0.3 is 6.18 Å². The molecule has 0 aliphatic heterocycles. The molecule has 0 saturated carbocycles. The summed E-state index contributed by atoms with van der Waals surface area (Å²) in [5.41, 5.74) is 2.70. The van der Waals surface area contributed by atoms with Gasteiger partial charge in [0.15, 0.2) is 0 Å². The highest BCUT2D eigenvalue weighted by Crippen LogP contribution is 2.29. The molecule has 8 heteroatoms. The Morgan fingerprint density at radius 1 is 0.969 bits per heavy atom. The van der Waals surface area contributed by atoms with E-state index in [4.69, 9.17) is 0 Å². The smallest absolute Gasteiger partial charge is 0.352 e. The number of nitrogens with one attached hydrogen (secondary N) is 1. The number of nitrogens with zero attached hydrogens (tertiary/aromatic N) is 3. The fourth-order valence-corrected chi connectivity index (χ4v) is 3.30. The van der Waals surface area contributed by atoms with Crippen LogP contribution in [-0.4, -0.2) is 20.7 Å². The maximum atomic E-state index is 12.9. The first-order chi connectivity index (χ1) is 15.4. The van der Waals surface area contributed by atoms with E-state index in [1.165, 1.54) is 12.1 Å². The van der Waals surface area contributed by atoms with Gasteiger partial charge in [-0.25, -0.2) is 4.68 Å². The summed E-state index contributed by atoms with van der Waals surface area (Å²) in [6, 6.07) is 18.0. The van der Waals surface area contributed by atoms with Gasteiger partial charge in [-0.1, -0.05) is 36.4 Å². The summed E-state index contributed by atoms with van der Waals surface area (Å²) in [6.07, 6.45) is 0.550.